The number of ether oxygens (including phenoxy) is 1. The second kappa shape index (κ2) is 5.16. The predicted molar refractivity (Wildman–Crippen MR) is 80.1 cm³/mol. The highest BCUT2D eigenvalue weighted by atomic mass is 79.9. The number of anilines is 1. The van der Waals surface area contributed by atoms with E-state index in [0.717, 1.165) is 29.4 Å². The molecule has 0 amide bonds. The van der Waals surface area contributed by atoms with E-state index in [2.05, 4.69) is 35.1 Å². The van der Waals surface area contributed by atoms with Gasteiger partial charge in [-0.05, 0) is 48.9 Å². The van der Waals surface area contributed by atoms with Gasteiger partial charge in [0, 0.05) is 10.2 Å². The van der Waals surface area contributed by atoms with Crippen LogP contribution in [0.15, 0.2) is 28.7 Å². The van der Waals surface area contributed by atoms with Gasteiger partial charge in [-0.3, -0.25) is 0 Å². The minimum absolute atomic E-state index is 0.118. The Kier molecular flexibility index (Phi) is 3.90. The van der Waals surface area contributed by atoms with Gasteiger partial charge in [-0.25, -0.2) is 4.79 Å². The molecule has 1 unspecified atom stereocenters. The molecule has 0 heterocycles. The number of methoxy groups -OCH3 is 1. The third-order valence-corrected chi connectivity index (χ3v) is 4.77. The summed E-state index contributed by atoms with van der Waals surface area (Å²) in [5.41, 5.74) is 0.200. The molecule has 1 aliphatic carbocycles. The Hall–Kier alpha value is -1.03. The lowest BCUT2D eigenvalue weighted by Crippen LogP contribution is -2.54. The lowest BCUT2D eigenvalue weighted by molar-refractivity contribution is -0.149. The number of halogens is 1. The van der Waals surface area contributed by atoms with E-state index in [1.165, 1.54) is 7.11 Å². The van der Waals surface area contributed by atoms with Gasteiger partial charge in [-0.15, -0.1) is 0 Å². The highest BCUT2D eigenvalue weighted by molar-refractivity contribution is 9.10. The molecule has 104 valence electrons. The summed E-state index contributed by atoms with van der Waals surface area (Å²) in [5.74, 6) is -0.169. The van der Waals surface area contributed by atoms with Gasteiger partial charge in [0.1, 0.15) is 5.54 Å². The molecule has 1 saturated carbocycles. The summed E-state index contributed by atoms with van der Waals surface area (Å²) in [5, 5.41) is 3.43. The third-order valence-electron chi connectivity index (χ3n) is 4.24. The number of nitrogens with one attached hydrogen (secondary N) is 1. The molecule has 0 saturated heterocycles. The molecule has 4 heteroatoms. The predicted octanol–water partition coefficient (Wildman–Crippen LogP) is 3.98. The molecule has 1 fully saturated rings. The van der Waals surface area contributed by atoms with E-state index in [-0.39, 0.29) is 11.4 Å². The van der Waals surface area contributed by atoms with Gasteiger partial charge in [-0.2, -0.15) is 0 Å². The van der Waals surface area contributed by atoms with Crippen molar-refractivity contribution in [1.82, 2.24) is 0 Å². The number of benzene rings is 1. The number of rotatable bonds is 3. The maximum atomic E-state index is 12.3. The summed E-state index contributed by atoms with van der Waals surface area (Å²) in [6.45, 7) is 4.26. The van der Waals surface area contributed by atoms with Crippen molar-refractivity contribution in [3.63, 3.8) is 0 Å². The van der Waals surface area contributed by atoms with Gasteiger partial charge < -0.3 is 10.1 Å². The molecule has 0 radical (unpaired) electrons. The largest absolute Gasteiger partial charge is 0.467 e. The van der Waals surface area contributed by atoms with Crippen molar-refractivity contribution in [3.05, 3.63) is 28.7 Å². The standard InChI is InChI=1S/C15H20BrNO2/c1-14(2)9-4-10-15(14,13(18)19-3)17-12-7-5-11(16)6-8-12/h5-8,17H,4,9-10H2,1-3H3. The molecule has 0 bridgehead atoms. The van der Waals surface area contributed by atoms with Gasteiger partial charge in [-0.1, -0.05) is 29.8 Å². The van der Waals surface area contributed by atoms with Crippen LogP contribution in [-0.4, -0.2) is 18.6 Å². The molecule has 1 aromatic rings. The zero-order chi connectivity index (χ0) is 14.1. The van der Waals surface area contributed by atoms with Crippen LogP contribution in [0.5, 0.6) is 0 Å². The quantitative estimate of drug-likeness (QED) is 0.854. The van der Waals surface area contributed by atoms with E-state index in [0.29, 0.717) is 0 Å². The van der Waals surface area contributed by atoms with Gasteiger partial charge in [0.2, 0.25) is 0 Å². The summed E-state index contributed by atoms with van der Waals surface area (Å²) in [6, 6.07) is 7.89. The van der Waals surface area contributed by atoms with Crippen LogP contribution in [0.3, 0.4) is 0 Å². The van der Waals surface area contributed by atoms with Crippen molar-refractivity contribution in [3.8, 4) is 0 Å². The Morgan fingerprint density at radius 3 is 2.37 bits per heavy atom. The summed E-state index contributed by atoms with van der Waals surface area (Å²) in [6.07, 6.45) is 2.86. The van der Waals surface area contributed by atoms with E-state index >= 15 is 0 Å². The zero-order valence-electron chi connectivity index (χ0n) is 11.6. The Morgan fingerprint density at radius 1 is 1.26 bits per heavy atom. The fourth-order valence-corrected chi connectivity index (χ4v) is 3.23. The summed E-state index contributed by atoms with van der Waals surface area (Å²) >= 11 is 3.42. The zero-order valence-corrected chi connectivity index (χ0v) is 13.2. The lowest BCUT2D eigenvalue weighted by Gasteiger charge is -2.40. The van der Waals surface area contributed by atoms with Gasteiger partial charge in [0.25, 0.3) is 0 Å². The first-order valence-electron chi connectivity index (χ1n) is 6.53. The molecular formula is C15H20BrNO2. The molecule has 0 aromatic heterocycles. The van der Waals surface area contributed by atoms with E-state index < -0.39 is 5.54 Å². The topological polar surface area (TPSA) is 38.3 Å². The molecule has 0 aliphatic heterocycles. The van der Waals surface area contributed by atoms with Crippen LogP contribution in [0, 0.1) is 5.41 Å². The van der Waals surface area contributed by atoms with E-state index in [1.807, 2.05) is 24.3 Å². The van der Waals surface area contributed by atoms with Crippen LogP contribution < -0.4 is 5.32 Å². The number of carbonyl (C=O) groups excluding carboxylic acids is 1. The second-order valence-electron chi connectivity index (χ2n) is 5.77. The SMILES string of the molecule is COC(=O)C1(Nc2ccc(Br)cc2)CCCC1(C)C. The molecule has 1 N–H and O–H groups in total. The highest BCUT2D eigenvalue weighted by Gasteiger charge is 2.55. The Balaban J connectivity index is 2.34. The number of esters is 1. The summed E-state index contributed by atoms with van der Waals surface area (Å²) < 4.78 is 6.08. The van der Waals surface area contributed by atoms with Crippen LogP contribution in [0.4, 0.5) is 5.69 Å². The maximum Gasteiger partial charge on any atom is 0.332 e. The molecule has 0 spiro atoms. The monoisotopic (exact) mass is 325 g/mol. The molecule has 1 aromatic carbocycles. The average molecular weight is 326 g/mol. The Labute approximate surface area is 122 Å². The highest BCUT2D eigenvalue weighted by Crippen LogP contribution is 2.48. The van der Waals surface area contributed by atoms with E-state index in [1.54, 1.807) is 0 Å². The summed E-state index contributed by atoms with van der Waals surface area (Å²) in [7, 11) is 1.46. The maximum absolute atomic E-state index is 12.3. The minimum atomic E-state index is -0.629. The normalized spacial score (nSPS) is 25.1. The van der Waals surface area contributed by atoms with Crippen LogP contribution >= 0.6 is 15.9 Å². The van der Waals surface area contributed by atoms with Crippen LogP contribution in [0.25, 0.3) is 0 Å². The summed E-state index contributed by atoms with van der Waals surface area (Å²) in [4.78, 5) is 12.3. The van der Waals surface area contributed by atoms with Crippen LogP contribution in [-0.2, 0) is 9.53 Å². The lowest BCUT2D eigenvalue weighted by atomic mass is 9.74. The first-order chi connectivity index (χ1) is 8.91. The third kappa shape index (κ3) is 2.50. The molecule has 1 aliphatic rings. The first-order valence-corrected chi connectivity index (χ1v) is 7.33. The van der Waals surface area contributed by atoms with Crippen molar-refractivity contribution < 1.29 is 9.53 Å². The molecule has 19 heavy (non-hydrogen) atoms. The van der Waals surface area contributed by atoms with Crippen molar-refractivity contribution in [2.24, 2.45) is 5.41 Å². The van der Waals surface area contributed by atoms with Crippen molar-refractivity contribution in [2.45, 2.75) is 38.6 Å². The number of hydrogen-bond donors (Lipinski definition) is 1. The molecule has 2 rings (SSSR count). The number of carbonyl (C=O) groups is 1. The van der Waals surface area contributed by atoms with Crippen LogP contribution in [0.2, 0.25) is 0 Å². The molecule has 1 atom stereocenters. The van der Waals surface area contributed by atoms with Gasteiger partial charge >= 0.3 is 5.97 Å². The van der Waals surface area contributed by atoms with Crippen LogP contribution in [0.1, 0.15) is 33.1 Å². The fraction of sp³-hybridized carbons (Fsp3) is 0.533. The average Bonchev–Trinajstić information content (AvgIpc) is 2.67. The van der Waals surface area contributed by atoms with E-state index in [4.69, 9.17) is 4.74 Å². The first kappa shape index (κ1) is 14.4. The molecular weight excluding hydrogens is 306 g/mol. The second-order valence-corrected chi connectivity index (χ2v) is 6.68. The Bertz CT molecular complexity index is 470. The smallest absolute Gasteiger partial charge is 0.332 e. The van der Waals surface area contributed by atoms with Crippen molar-refractivity contribution >= 4 is 27.6 Å². The van der Waals surface area contributed by atoms with Gasteiger partial charge in [0.15, 0.2) is 0 Å². The van der Waals surface area contributed by atoms with Crippen molar-refractivity contribution in [1.29, 1.82) is 0 Å². The van der Waals surface area contributed by atoms with Gasteiger partial charge in [0.05, 0.1) is 7.11 Å². The van der Waals surface area contributed by atoms with Crippen molar-refractivity contribution in [2.75, 3.05) is 12.4 Å². The fourth-order valence-electron chi connectivity index (χ4n) is 2.96. The number of hydrogen-bond acceptors (Lipinski definition) is 3. The molecule has 3 nitrogen and oxygen atoms in total. The minimum Gasteiger partial charge on any atom is -0.467 e. The van der Waals surface area contributed by atoms with E-state index in [9.17, 15) is 4.79 Å². The Morgan fingerprint density at radius 2 is 1.89 bits per heavy atom.